The molecule has 0 atom stereocenters. The van der Waals surface area contributed by atoms with Crippen LogP contribution in [0.4, 0.5) is 0 Å². The molecule has 1 heterocycles. The van der Waals surface area contributed by atoms with E-state index in [-0.39, 0.29) is 24.0 Å². The van der Waals surface area contributed by atoms with Crippen LogP contribution in [0.2, 0.25) is 0 Å². The molecule has 2 rings (SSSR count). The second kappa shape index (κ2) is 11.5. The van der Waals surface area contributed by atoms with Gasteiger partial charge in [0, 0.05) is 38.0 Å². The number of aliphatic imine (C=N–C) groups is 1. The first-order valence-corrected chi connectivity index (χ1v) is 9.40. The molecule has 0 aliphatic rings. The molecule has 0 aliphatic heterocycles. The SMILES string of the molecule is CN=C(NCCc1nc(C)c(C)s1)NCc1ccccc1CN(C)C.I. The molecule has 7 heteroatoms. The lowest BCUT2D eigenvalue weighted by Gasteiger charge is -2.16. The Labute approximate surface area is 178 Å². The number of benzene rings is 1. The molecule has 0 spiro atoms. The summed E-state index contributed by atoms with van der Waals surface area (Å²) in [5, 5.41) is 7.95. The zero-order valence-corrected chi connectivity index (χ0v) is 19.4. The van der Waals surface area contributed by atoms with E-state index in [1.165, 1.54) is 21.0 Å². The van der Waals surface area contributed by atoms with Crippen molar-refractivity contribution in [3.05, 3.63) is 51.0 Å². The van der Waals surface area contributed by atoms with Gasteiger partial charge in [0.2, 0.25) is 0 Å². The standard InChI is InChI=1S/C19H29N5S.HI/c1-14-15(2)25-18(23-14)10-11-21-19(20-3)22-12-16-8-6-7-9-17(16)13-24(4)5;/h6-9H,10-13H2,1-5H3,(H2,20,21,22);1H. The lowest BCUT2D eigenvalue weighted by Crippen LogP contribution is -2.38. The summed E-state index contributed by atoms with van der Waals surface area (Å²) < 4.78 is 0. The second-order valence-corrected chi connectivity index (χ2v) is 7.65. The van der Waals surface area contributed by atoms with Gasteiger partial charge in [0.25, 0.3) is 0 Å². The monoisotopic (exact) mass is 487 g/mol. The number of thiazole rings is 1. The summed E-state index contributed by atoms with van der Waals surface area (Å²) in [5.41, 5.74) is 3.77. The maximum atomic E-state index is 4.58. The van der Waals surface area contributed by atoms with Gasteiger partial charge in [-0.2, -0.15) is 0 Å². The topological polar surface area (TPSA) is 52.6 Å². The molecule has 0 saturated carbocycles. The molecular weight excluding hydrogens is 457 g/mol. The van der Waals surface area contributed by atoms with E-state index in [0.717, 1.165) is 37.7 Å². The van der Waals surface area contributed by atoms with Crippen molar-refractivity contribution >= 4 is 41.3 Å². The Balaban J connectivity index is 0.00000338. The largest absolute Gasteiger partial charge is 0.356 e. The van der Waals surface area contributed by atoms with Crippen LogP contribution in [-0.2, 0) is 19.5 Å². The molecule has 0 bridgehead atoms. The number of nitrogens with one attached hydrogen (secondary N) is 2. The minimum atomic E-state index is 0. The highest BCUT2D eigenvalue weighted by Gasteiger charge is 2.06. The molecule has 0 fully saturated rings. The molecule has 0 radical (unpaired) electrons. The third-order valence-electron chi connectivity index (χ3n) is 3.98. The van der Waals surface area contributed by atoms with Crippen molar-refractivity contribution in [1.82, 2.24) is 20.5 Å². The quantitative estimate of drug-likeness (QED) is 0.358. The van der Waals surface area contributed by atoms with Gasteiger partial charge in [-0.15, -0.1) is 35.3 Å². The van der Waals surface area contributed by atoms with E-state index < -0.39 is 0 Å². The minimum absolute atomic E-state index is 0. The van der Waals surface area contributed by atoms with Gasteiger partial charge in [-0.3, -0.25) is 4.99 Å². The van der Waals surface area contributed by atoms with Gasteiger partial charge in [-0.25, -0.2) is 4.98 Å². The number of hydrogen-bond acceptors (Lipinski definition) is 4. The van der Waals surface area contributed by atoms with Crippen LogP contribution in [0.15, 0.2) is 29.3 Å². The summed E-state index contributed by atoms with van der Waals surface area (Å²) in [6.07, 6.45) is 0.914. The summed E-state index contributed by atoms with van der Waals surface area (Å²) in [6.45, 7) is 6.71. The van der Waals surface area contributed by atoms with E-state index >= 15 is 0 Å². The summed E-state index contributed by atoms with van der Waals surface area (Å²) in [4.78, 5) is 12.4. The number of halogens is 1. The van der Waals surface area contributed by atoms with Crippen molar-refractivity contribution in [1.29, 1.82) is 0 Å². The molecular formula is C19H30IN5S. The molecule has 1 aromatic carbocycles. The molecule has 26 heavy (non-hydrogen) atoms. The van der Waals surface area contributed by atoms with Crippen LogP contribution in [-0.4, -0.2) is 43.5 Å². The van der Waals surface area contributed by atoms with Crippen LogP contribution in [0.5, 0.6) is 0 Å². The molecule has 5 nitrogen and oxygen atoms in total. The van der Waals surface area contributed by atoms with E-state index in [0.29, 0.717) is 0 Å². The van der Waals surface area contributed by atoms with Crippen molar-refractivity contribution in [3.8, 4) is 0 Å². The Hall–Kier alpha value is -1.19. The maximum absolute atomic E-state index is 4.58. The van der Waals surface area contributed by atoms with Gasteiger partial charge in [0.05, 0.1) is 10.7 Å². The normalized spacial score (nSPS) is 11.4. The third kappa shape index (κ3) is 7.20. The average molecular weight is 487 g/mol. The molecule has 144 valence electrons. The fourth-order valence-electron chi connectivity index (χ4n) is 2.56. The summed E-state index contributed by atoms with van der Waals surface area (Å²) in [6, 6.07) is 8.52. The molecule has 0 amide bonds. The van der Waals surface area contributed by atoms with Crippen molar-refractivity contribution in [2.75, 3.05) is 27.7 Å². The third-order valence-corrected chi connectivity index (χ3v) is 5.11. The number of rotatable bonds is 7. The first-order valence-electron chi connectivity index (χ1n) is 8.58. The number of guanidine groups is 1. The molecule has 2 N–H and O–H groups in total. The van der Waals surface area contributed by atoms with Gasteiger partial charge in [0.1, 0.15) is 0 Å². The average Bonchev–Trinajstić information content (AvgIpc) is 2.89. The Bertz CT molecular complexity index is 692. The highest BCUT2D eigenvalue weighted by Crippen LogP contribution is 2.16. The number of nitrogens with zero attached hydrogens (tertiary/aromatic N) is 3. The molecule has 0 saturated heterocycles. The van der Waals surface area contributed by atoms with Crippen molar-refractivity contribution in [2.24, 2.45) is 4.99 Å². The number of aryl methyl sites for hydroxylation is 2. The Morgan fingerprint density at radius 1 is 1.15 bits per heavy atom. The number of aromatic nitrogens is 1. The second-order valence-electron chi connectivity index (χ2n) is 6.36. The van der Waals surface area contributed by atoms with Crippen LogP contribution in [0.25, 0.3) is 0 Å². The van der Waals surface area contributed by atoms with Crippen LogP contribution in [0, 0.1) is 13.8 Å². The molecule has 2 aromatic rings. The van der Waals surface area contributed by atoms with E-state index in [4.69, 9.17) is 0 Å². The maximum Gasteiger partial charge on any atom is 0.191 e. The van der Waals surface area contributed by atoms with Crippen LogP contribution >= 0.6 is 35.3 Å². The van der Waals surface area contributed by atoms with Gasteiger partial charge in [0.15, 0.2) is 5.96 Å². The zero-order valence-electron chi connectivity index (χ0n) is 16.3. The van der Waals surface area contributed by atoms with Gasteiger partial charge in [-0.1, -0.05) is 24.3 Å². The lowest BCUT2D eigenvalue weighted by atomic mass is 10.1. The predicted molar refractivity (Wildman–Crippen MR) is 123 cm³/mol. The zero-order chi connectivity index (χ0) is 18.2. The Morgan fingerprint density at radius 3 is 2.42 bits per heavy atom. The van der Waals surface area contributed by atoms with Crippen LogP contribution < -0.4 is 10.6 Å². The highest BCUT2D eigenvalue weighted by atomic mass is 127. The molecule has 1 aromatic heterocycles. The van der Waals surface area contributed by atoms with Crippen molar-refractivity contribution in [3.63, 3.8) is 0 Å². The summed E-state index contributed by atoms with van der Waals surface area (Å²) in [5.74, 6) is 0.824. The van der Waals surface area contributed by atoms with Crippen LogP contribution in [0.3, 0.4) is 0 Å². The molecule has 0 aliphatic carbocycles. The smallest absolute Gasteiger partial charge is 0.191 e. The first-order chi connectivity index (χ1) is 12.0. The van der Waals surface area contributed by atoms with Gasteiger partial charge in [-0.05, 0) is 39.1 Å². The van der Waals surface area contributed by atoms with Crippen molar-refractivity contribution in [2.45, 2.75) is 33.4 Å². The van der Waals surface area contributed by atoms with Gasteiger partial charge >= 0.3 is 0 Å². The predicted octanol–water partition coefficient (Wildman–Crippen LogP) is 3.35. The van der Waals surface area contributed by atoms with Crippen LogP contribution in [0.1, 0.15) is 26.7 Å². The van der Waals surface area contributed by atoms with Crippen molar-refractivity contribution < 1.29 is 0 Å². The highest BCUT2D eigenvalue weighted by molar-refractivity contribution is 14.0. The summed E-state index contributed by atoms with van der Waals surface area (Å²) in [7, 11) is 5.98. The Morgan fingerprint density at radius 2 is 1.85 bits per heavy atom. The fraction of sp³-hybridized carbons (Fsp3) is 0.474. The number of hydrogen-bond donors (Lipinski definition) is 2. The van der Waals surface area contributed by atoms with E-state index in [2.05, 4.69) is 77.7 Å². The molecule has 0 unspecified atom stereocenters. The fourth-order valence-corrected chi connectivity index (χ4v) is 3.49. The van der Waals surface area contributed by atoms with E-state index in [1.54, 1.807) is 18.4 Å². The Kier molecular flexibility index (Phi) is 10.1. The van der Waals surface area contributed by atoms with E-state index in [1.807, 2.05) is 0 Å². The first kappa shape index (κ1) is 22.9. The minimum Gasteiger partial charge on any atom is -0.356 e. The van der Waals surface area contributed by atoms with Gasteiger partial charge < -0.3 is 15.5 Å². The lowest BCUT2D eigenvalue weighted by molar-refractivity contribution is 0.400. The summed E-state index contributed by atoms with van der Waals surface area (Å²) >= 11 is 1.78. The van der Waals surface area contributed by atoms with E-state index in [9.17, 15) is 0 Å².